The van der Waals surface area contributed by atoms with Crippen LogP contribution in [0.1, 0.15) is 25.3 Å². The van der Waals surface area contributed by atoms with E-state index in [1.165, 1.54) is 0 Å². The molecule has 0 spiro atoms. The summed E-state index contributed by atoms with van der Waals surface area (Å²) in [5, 5.41) is 6.59. The minimum Gasteiger partial charge on any atom is -0.493 e. The van der Waals surface area contributed by atoms with Crippen LogP contribution >= 0.6 is 24.0 Å². The SMILES string of the molecule is CCNC(=NCc1cc(OC)c(OC)c(OC)c1)NCCCOC1CCOC1.I. The third-order valence-electron chi connectivity index (χ3n) is 4.34. The molecule has 0 bridgehead atoms. The Bertz CT molecular complexity index is 599. The first kappa shape index (κ1) is 25.6. The lowest BCUT2D eigenvalue weighted by Gasteiger charge is -2.15. The number of ether oxygens (including phenoxy) is 5. The second kappa shape index (κ2) is 14.5. The summed E-state index contributed by atoms with van der Waals surface area (Å²) >= 11 is 0. The molecule has 0 amide bonds. The number of rotatable bonds is 11. The molecule has 1 aliphatic heterocycles. The van der Waals surface area contributed by atoms with Crippen molar-refractivity contribution >= 4 is 29.9 Å². The van der Waals surface area contributed by atoms with Gasteiger partial charge < -0.3 is 34.3 Å². The van der Waals surface area contributed by atoms with Crippen molar-refractivity contribution in [2.75, 3.05) is 54.2 Å². The maximum atomic E-state index is 5.78. The molecule has 0 aromatic heterocycles. The Labute approximate surface area is 190 Å². The molecule has 1 fully saturated rings. The quantitative estimate of drug-likeness (QED) is 0.200. The van der Waals surface area contributed by atoms with Gasteiger partial charge in [-0.1, -0.05) is 0 Å². The van der Waals surface area contributed by atoms with E-state index in [9.17, 15) is 0 Å². The van der Waals surface area contributed by atoms with Gasteiger partial charge in [0.15, 0.2) is 17.5 Å². The molecule has 2 rings (SSSR count). The van der Waals surface area contributed by atoms with Crippen molar-refractivity contribution in [2.45, 2.75) is 32.4 Å². The molecule has 1 aromatic carbocycles. The molecule has 166 valence electrons. The lowest BCUT2D eigenvalue weighted by atomic mass is 10.2. The normalized spacial score (nSPS) is 16.1. The fourth-order valence-electron chi connectivity index (χ4n) is 2.91. The fourth-order valence-corrected chi connectivity index (χ4v) is 2.91. The summed E-state index contributed by atoms with van der Waals surface area (Å²) in [5.41, 5.74) is 0.969. The number of nitrogens with zero attached hydrogens (tertiary/aromatic N) is 1. The Balaban J connectivity index is 0.00000420. The van der Waals surface area contributed by atoms with Crippen LogP contribution < -0.4 is 24.8 Å². The van der Waals surface area contributed by atoms with E-state index < -0.39 is 0 Å². The molecule has 1 unspecified atom stereocenters. The Morgan fingerprint density at radius 2 is 1.86 bits per heavy atom. The first-order valence-corrected chi connectivity index (χ1v) is 9.72. The van der Waals surface area contributed by atoms with Gasteiger partial charge in [0.1, 0.15) is 0 Å². The van der Waals surface area contributed by atoms with Gasteiger partial charge in [-0.2, -0.15) is 0 Å². The fraction of sp³-hybridized carbons (Fsp3) is 0.650. The molecule has 1 atom stereocenters. The van der Waals surface area contributed by atoms with Crippen LogP contribution in [0.4, 0.5) is 0 Å². The summed E-state index contributed by atoms with van der Waals surface area (Å²) in [7, 11) is 4.81. The molecule has 0 radical (unpaired) electrons. The van der Waals surface area contributed by atoms with Crippen molar-refractivity contribution in [1.29, 1.82) is 0 Å². The maximum absolute atomic E-state index is 5.78. The van der Waals surface area contributed by atoms with E-state index in [-0.39, 0.29) is 30.1 Å². The topological polar surface area (TPSA) is 82.6 Å². The van der Waals surface area contributed by atoms with Crippen LogP contribution in [0.15, 0.2) is 17.1 Å². The lowest BCUT2D eigenvalue weighted by Crippen LogP contribution is -2.38. The number of benzene rings is 1. The number of guanidine groups is 1. The summed E-state index contributed by atoms with van der Waals surface area (Å²) < 4.78 is 27.3. The zero-order valence-electron chi connectivity index (χ0n) is 17.8. The number of halogens is 1. The Hall–Kier alpha value is -1.46. The van der Waals surface area contributed by atoms with E-state index in [1.807, 2.05) is 19.1 Å². The first-order valence-electron chi connectivity index (χ1n) is 9.72. The third-order valence-corrected chi connectivity index (χ3v) is 4.34. The molecular formula is C20H34IN3O5. The van der Waals surface area contributed by atoms with Crippen molar-refractivity contribution in [3.05, 3.63) is 17.7 Å². The minimum absolute atomic E-state index is 0. The van der Waals surface area contributed by atoms with Crippen LogP contribution in [0, 0.1) is 0 Å². The number of nitrogens with one attached hydrogen (secondary N) is 2. The van der Waals surface area contributed by atoms with Gasteiger partial charge in [0, 0.05) is 26.3 Å². The lowest BCUT2D eigenvalue weighted by molar-refractivity contribution is 0.0420. The largest absolute Gasteiger partial charge is 0.493 e. The highest BCUT2D eigenvalue weighted by molar-refractivity contribution is 14.0. The predicted octanol–water partition coefficient (Wildman–Crippen LogP) is 2.58. The van der Waals surface area contributed by atoms with Gasteiger partial charge in [0.2, 0.25) is 5.75 Å². The van der Waals surface area contributed by atoms with Gasteiger partial charge in [-0.25, -0.2) is 4.99 Å². The number of aliphatic imine (C=N–C) groups is 1. The van der Waals surface area contributed by atoms with Gasteiger partial charge in [-0.3, -0.25) is 0 Å². The third kappa shape index (κ3) is 8.43. The highest BCUT2D eigenvalue weighted by Crippen LogP contribution is 2.38. The van der Waals surface area contributed by atoms with Crippen LogP contribution in [0.2, 0.25) is 0 Å². The molecule has 8 nitrogen and oxygen atoms in total. The van der Waals surface area contributed by atoms with E-state index in [4.69, 9.17) is 23.7 Å². The Morgan fingerprint density at radius 1 is 1.14 bits per heavy atom. The molecule has 0 aliphatic carbocycles. The molecule has 1 saturated heterocycles. The highest BCUT2D eigenvalue weighted by Gasteiger charge is 2.15. The summed E-state index contributed by atoms with van der Waals surface area (Å²) in [4.78, 5) is 4.65. The Kier molecular flexibility index (Phi) is 12.8. The minimum atomic E-state index is 0. The number of methoxy groups -OCH3 is 3. The van der Waals surface area contributed by atoms with Gasteiger partial charge in [0.05, 0.1) is 40.6 Å². The second-order valence-corrected chi connectivity index (χ2v) is 6.37. The van der Waals surface area contributed by atoms with Gasteiger partial charge in [-0.15, -0.1) is 24.0 Å². The average Bonchev–Trinajstić information content (AvgIpc) is 3.24. The monoisotopic (exact) mass is 523 g/mol. The average molecular weight is 523 g/mol. The van der Waals surface area contributed by atoms with E-state index in [0.29, 0.717) is 37.0 Å². The zero-order valence-corrected chi connectivity index (χ0v) is 20.1. The molecule has 1 heterocycles. The molecular weight excluding hydrogens is 489 g/mol. The zero-order chi connectivity index (χ0) is 20.2. The number of hydrogen-bond acceptors (Lipinski definition) is 6. The molecule has 9 heteroatoms. The smallest absolute Gasteiger partial charge is 0.203 e. The van der Waals surface area contributed by atoms with Crippen LogP contribution in [-0.2, 0) is 16.0 Å². The van der Waals surface area contributed by atoms with E-state index in [1.54, 1.807) is 21.3 Å². The molecule has 0 saturated carbocycles. The van der Waals surface area contributed by atoms with Crippen LogP contribution in [0.5, 0.6) is 17.2 Å². The Morgan fingerprint density at radius 3 is 2.41 bits per heavy atom. The van der Waals surface area contributed by atoms with Crippen molar-refractivity contribution in [2.24, 2.45) is 4.99 Å². The molecule has 1 aromatic rings. The van der Waals surface area contributed by atoms with Crippen molar-refractivity contribution in [1.82, 2.24) is 10.6 Å². The van der Waals surface area contributed by atoms with Gasteiger partial charge >= 0.3 is 0 Å². The molecule has 2 N–H and O–H groups in total. The molecule has 1 aliphatic rings. The summed E-state index contributed by atoms with van der Waals surface area (Å²) in [6.45, 7) is 6.34. The van der Waals surface area contributed by atoms with Crippen LogP contribution in [0.25, 0.3) is 0 Å². The summed E-state index contributed by atoms with van der Waals surface area (Å²) in [6.07, 6.45) is 2.15. The first-order chi connectivity index (χ1) is 13.7. The summed E-state index contributed by atoms with van der Waals surface area (Å²) in [5.74, 6) is 2.59. The van der Waals surface area contributed by atoms with E-state index in [0.717, 1.165) is 44.1 Å². The van der Waals surface area contributed by atoms with Crippen molar-refractivity contribution in [3.63, 3.8) is 0 Å². The predicted molar refractivity (Wildman–Crippen MR) is 124 cm³/mol. The van der Waals surface area contributed by atoms with Crippen molar-refractivity contribution in [3.8, 4) is 17.2 Å². The van der Waals surface area contributed by atoms with E-state index in [2.05, 4.69) is 15.6 Å². The number of hydrogen-bond donors (Lipinski definition) is 2. The maximum Gasteiger partial charge on any atom is 0.203 e. The van der Waals surface area contributed by atoms with Gasteiger partial charge in [0.25, 0.3) is 0 Å². The van der Waals surface area contributed by atoms with Crippen molar-refractivity contribution < 1.29 is 23.7 Å². The van der Waals surface area contributed by atoms with Crippen LogP contribution in [-0.4, -0.2) is 66.3 Å². The van der Waals surface area contributed by atoms with E-state index >= 15 is 0 Å². The highest BCUT2D eigenvalue weighted by atomic mass is 127. The molecule has 29 heavy (non-hydrogen) atoms. The standard InChI is InChI=1S/C20H33N3O5.HI/c1-5-21-20(22-8-6-9-28-16-7-10-27-14-16)23-13-15-11-17(24-2)19(26-4)18(12-15)25-3;/h11-12,16H,5-10,13-14H2,1-4H3,(H2,21,22,23);1H. The summed E-state index contributed by atoms with van der Waals surface area (Å²) in [6, 6.07) is 3.82. The van der Waals surface area contributed by atoms with Gasteiger partial charge in [-0.05, 0) is 37.5 Å². The second-order valence-electron chi connectivity index (χ2n) is 6.37. The van der Waals surface area contributed by atoms with Crippen LogP contribution in [0.3, 0.4) is 0 Å².